The predicted octanol–water partition coefficient (Wildman–Crippen LogP) is -0.173. The molecule has 0 bridgehead atoms. The van der Waals surface area contributed by atoms with Gasteiger partial charge in [0.1, 0.15) is 0 Å². The summed E-state index contributed by atoms with van der Waals surface area (Å²) in [6.45, 7) is 0.811. The topological polar surface area (TPSA) is 32.3 Å². The monoisotopic (exact) mass is 142 g/mol. The van der Waals surface area contributed by atoms with E-state index in [1.807, 2.05) is 14.1 Å². The van der Waals surface area contributed by atoms with Gasteiger partial charge in [0, 0.05) is 19.0 Å². The molecule has 1 saturated heterocycles. The Morgan fingerprint density at radius 2 is 2.30 bits per heavy atom. The molecule has 0 aromatic rings. The zero-order chi connectivity index (χ0) is 7.56. The van der Waals surface area contributed by atoms with Crippen molar-refractivity contribution in [3.8, 4) is 0 Å². The SMILES string of the molecule is CN(C)C1CCC(=O)NC1. The van der Waals surface area contributed by atoms with Crippen molar-refractivity contribution in [2.24, 2.45) is 0 Å². The summed E-state index contributed by atoms with van der Waals surface area (Å²) in [6.07, 6.45) is 1.68. The lowest BCUT2D eigenvalue weighted by molar-refractivity contribution is -0.123. The van der Waals surface area contributed by atoms with Gasteiger partial charge in [-0.2, -0.15) is 0 Å². The Balaban J connectivity index is 2.33. The van der Waals surface area contributed by atoms with Gasteiger partial charge in [0.15, 0.2) is 0 Å². The standard InChI is InChI=1S/C7H14N2O/c1-9(2)6-3-4-7(10)8-5-6/h6H,3-5H2,1-2H3,(H,8,10). The number of carbonyl (C=O) groups is 1. The Labute approximate surface area is 61.4 Å². The van der Waals surface area contributed by atoms with E-state index in [-0.39, 0.29) is 5.91 Å². The number of hydrogen-bond acceptors (Lipinski definition) is 2. The fraction of sp³-hybridized carbons (Fsp3) is 0.857. The third-order valence-electron chi connectivity index (χ3n) is 1.97. The van der Waals surface area contributed by atoms with Crippen LogP contribution in [0.25, 0.3) is 0 Å². The molecule has 1 aliphatic rings. The first-order valence-electron chi connectivity index (χ1n) is 3.63. The molecule has 0 aliphatic carbocycles. The number of nitrogens with zero attached hydrogens (tertiary/aromatic N) is 1. The normalized spacial score (nSPS) is 26.7. The van der Waals surface area contributed by atoms with Crippen molar-refractivity contribution in [1.82, 2.24) is 10.2 Å². The van der Waals surface area contributed by atoms with E-state index in [1.54, 1.807) is 0 Å². The Hall–Kier alpha value is -0.570. The van der Waals surface area contributed by atoms with Crippen molar-refractivity contribution >= 4 is 5.91 Å². The Kier molecular flexibility index (Phi) is 2.27. The van der Waals surface area contributed by atoms with Crippen LogP contribution in [0.15, 0.2) is 0 Å². The van der Waals surface area contributed by atoms with Gasteiger partial charge in [0.25, 0.3) is 0 Å². The second-order valence-corrected chi connectivity index (χ2v) is 2.96. The van der Waals surface area contributed by atoms with Crippen LogP contribution in [0.5, 0.6) is 0 Å². The first kappa shape index (κ1) is 7.54. The number of likely N-dealkylation sites (N-methyl/N-ethyl adjacent to an activating group) is 1. The molecule has 3 nitrogen and oxygen atoms in total. The molecule has 3 heteroatoms. The average molecular weight is 142 g/mol. The number of amides is 1. The molecular weight excluding hydrogens is 128 g/mol. The lowest BCUT2D eigenvalue weighted by atomic mass is 10.1. The minimum absolute atomic E-state index is 0.193. The Morgan fingerprint density at radius 1 is 1.60 bits per heavy atom. The van der Waals surface area contributed by atoms with Gasteiger partial charge in [-0.15, -0.1) is 0 Å². The van der Waals surface area contributed by atoms with E-state index in [1.165, 1.54) is 0 Å². The van der Waals surface area contributed by atoms with Crippen LogP contribution < -0.4 is 5.32 Å². The van der Waals surface area contributed by atoms with E-state index < -0.39 is 0 Å². The number of piperidine rings is 1. The smallest absolute Gasteiger partial charge is 0.220 e. The molecule has 0 saturated carbocycles. The molecule has 1 rings (SSSR count). The summed E-state index contributed by atoms with van der Waals surface area (Å²) in [5, 5.41) is 2.83. The second-order valence-electron chi connectivity index (χ2n) is 2.96. The average Bonchev–Trinajstić information content (AvgIpc) is 1.88. The molecule has 1 aliphatic heterocycles. The lowest BCUT2D eigenvalue weighted by Gasteiger charge is -2.27. The van der Waals surface area contributed by atoms with Crippen LogP contribution in [0.1, 0.15) is 12.8 Å². The Bertz CT molecular complexity index is 124. The second kappa shape index (κ2) is 3.01. The molecule has 10 heavy (non-hydrogen) atoms. The molecule has 1 unspecified atom stereocenters. The molecule has 0 aromatic carbocycles. The van der Waals surface area contributed by atoms with Crippen molar-refractivity contribution in [1.29, 1.82) is 0 Å². The molecule has 1 heterocycles. The highest BCUT2D eigenvalue weighted by Crippen LogP contribution is 2.06. The minimum Gasteiger partial charge on any atom is -0.355 e. The molecule has 1 atom stereocenters. The molecule has 1 amide bonds. The molecule has 58 valence electrons. The summed E-state index contributed by atoms with van der Waals surface area (Å²) in [7, 11) is 4.09. The maximum atomic E-state index is 10.7. The highest BCUT2D eigenvalue weighted by atomic mass is 16.1. The number of nitrogens with one attached hydrogen (secondary N) is 1. The molecule has 0 radical (unpaired) electrons. The van der Waals surface area contributed by atoms with E-state index in [9.17, 15) is 4.79 Å². The van der Waals surface area contributed by atoms with Crippen LogP contribution in [-0.4, -0.2) is 37.5 Å². The van der Waals surface area contributed by atoms with Crippen molar-refractivity contribution in [2.45, 2.75) is 18.9 Å². The van der Waals surface area contributed by atoms with Gasteiger partial charge < -0.3 is 10.2 Å². The van der Waals surface area contributed by atoms with Crippen LogP contribution in [0.4, 0.5) is 0 Å². The summed E-state index contributed by atoms with van der Waals surface area (Å²) >= 11 is 0. The van der Waals surface area contributed by atoms with Crippen LogP contribution >= 0.6 is 0 Å². The summed E-state index contributed by atoms with van der Waals surface area (Å²) in [5.41, 5.74) is 0. The van der Waals surface area contributed by atoms with E-state index in [0.29, 0.717) is 12.5 Å². The first-order chi connectivity index (χ1) is 4.70. The third-order valence-corrected chi connectivity index (χ3v) is 1.97. The van der Waals surface area contributed by atoms with E-state index >= 15 is 0 Å². The van der Waals surface area contributed by atoms with Gasteiger partial charge in [0.2, 0.25) is 5.91 Å². The van der Waals surface area contributed by atoms with Gasteiger partial charge in [-0.05, 0) is 20.5 Å². The van der Waals surface area contributed by atoms with Crippen molar-refractivity contribution in [3.05, 3.63) is 0 Å². The van der Waals surface area contributed by atoms with Crippen LogP contribution in [0, 0.1) is 0 Å². The summed E-state index contributed by atoms with van der Waals surface area (Å²) < 4.78 is 0. The minimum atomic E-state index is 0.193. The van der Waals surface area contributed by atoms with Crippen LogP contribution in [0.3, 0.4) is 0 Å². The van der Waals surface area contributed by atoms with Gasteiger partial charge in [-0.25, -0.2) is 0 Å². The largest absolute Gasteiger partial charge is 0.355 e. The fourth-order valence-electron chi connectivity index (χ4n) is 1.16. The van der Waals surface area contributed by atoms with Gasteiger partial charge >= 0.3 is 0 Å². The zero-order valence-electron chi connectivity index (χ0n) is 6.55. The zero-order valence-corrected chi connectivity index (χ0v) is 6.55. The van der Waals surface area contributed by atoms with E-state index in [0.717, 1.165) is 13.0 Å². The van der Waals surface area contributed by atoms with Crippen LogP contribution in [-0.2, 0) is 4.79 Å². The highest BCUT2D eigenvalue weighted by Gasteiger charge is 2.18. The maximum absolute atomic E-state index is 10.7. The quantitative estimate of drug-likeness (QED) is 0.551. The molecule has 0 spiro atoms. The van der Waals surface area contributed by atoms with Gasteiger partial charge in [-0.1, -0.05) is 0 Å². The van der Waals surface area contributed by atoms with E-state index in [4.69, 9.17) is 0 Å². The van der Waals surface area contributed by atoms with Crippen molar-refractivity contribution in [2.75, 3.05) is 20.6 Å². The summed E-state index contributed by atoms with van der Waals surface area (Å²) in [6, 6.07) is 0.540. The molecule has 0 aromatic heterocycles. The number of carbonyl (C=O) groups excluding carboxylic acids is 1. The van der Waals surface area contributed by atoms with E-state index in [2.05, 4.69) is 10.2 Å². The maximum Gasteiger partial charge on any atom is 0.220 e. The summed E-state index contributed by atoms with van der Waals surface area (Å²) in [5.74, 6) is 0.193. The van der Waals surface area contributed by atoms with Gasteiger partial charge in [-0.3, -0.25) is 4.79 Å². The lowest BCUT2D eigenvalue weighted by Crippen LogP contribution is -2.44. The Morgan fingerprint density at radius 3 is 2.70 bits per heavy atom. The molecular formula is C7H14N2O. The molecule has 1 fully saturated rings. The fourth-order valence-corrected chi connectivity index (χ4v) is 1.16. The van der Waals surface area contributed by atoms with Gasteiger partial charge in [0.05, 0.1) is 0 Å². The predicted molar refractivity (Wildman–Crippen MR) is 39.7 cm³/mol. The first-order valence-corrected chi connectivity index (χ1v) is 3.63. The van der Waals surface area contributed by atoms with Crippen molar-refractivity contribution < 1.29 is 4.79 Å². The van der Waals surface area contributed by atoms with Crippen LogP contribution in [0.2, 0.25) is 0 Å². The number of hydrogen-bond donors (Lipinski definition) is 1. The highest BCUT2D eigenvalue weighted by molar-refractivity contribution is 5.76. The number of rotatable bonds is 1. The molecule has 1 N–H and O–H groups in total. The summed E-state index contributed by atoms with van der Waals surface area (Å²) in [4.78, 5) is 12.9. The van der Waals surface area contributed by atoms with Crippen molar-refractivity contribution in [3.63, 3.8) is 0 Å². The third kappa shape index (κ3) is 1.70.